The number of ether oxygens (including phenoxy) is 1. The number of hydrogen-bond acceptors (Lipinski definition) is 5. The maximum atomic E-state index is 13.1. The topological polar surface area (TPSA) is 63.5 Å². The van der Waals surface area contributed by atoms with Gasteiger partial charge in [0.1, 0.15) is 11.3 Å². The Bertz CT molecular complexity index is 1050. The molecule has 30 heavy (non-hydrogen) atoms. The number of para-hydroxylation sites is 2. The van der Waals surface area contributed by atoms with Gasteiger partial charge in [-0.05, 0) is 31.0 Å². The average molecular weight is 406 g/mol. The monoisotopic (exact) mass is 405 g/mol. The fourth-order valence-electron chi connectivity index (χ4n) is 4.71. The summed E-state index contributed by atoms with van der Waals surface area (Å²) >= 11 is 0. The number of fused-ring (bicyclic) bond motifs is 1. The van der Waals surface area contributed by atoms with Crippen molar-refractivity contribution in [1.82, 2.24) is 19.4 Å². The first-order valence-electron chi connectivity index (χ1n) is 10.7. The number of carbonyl (C=O) groups is 1. The normalized spacial score (nSPS) is 17.6. The molecule has 5 rings (SSSR count). The van der Waals surface area contributed by atoms with Gasteiger partial charge >= 0.3 is 0 Å². The fourth-order valence-corrected chi connectivity index (χ4v) is 4.71. The third-order valence-corrected chi connectivity index (χ3v) is 6.37. The van der Waals surface area contributed by atoms with Crippen molar-refractivity contribution in [2.45, 2.75) is 31.7 Å². The molecule has 2 aromatic heterocycles. The number of carbonyl (C=O) groups excluding carboxylic acids is 1. The highest BCUT2D eigenvalue weighted by molar-refractivity contribution is 5.96. The van der Waals surface area contributed by atoms with Crippen LogP contribution in [0.1, 0.15) is 42.1 Å². The molecular formula is C23H27N5O2. The number of methoxy groups -OCH3 is 1. The van der Waals surface area contributed by atoms with Crippen molar-refractivity contribution in [3.8, 4) is 5.75 Å². The lowest BCUT2D eigenvalue weighted by Crippen LogP contribution is -2.48. The van der Waals surface area contributed by atoms with E-state index < -0.39 is 0 Å². The summed E-state index contributed by atoms with van der Waals surface area (Å²) in [4.78, 5) is 26.4. The van der Waals surface area contributed by atoms with Gasteiger partial charge in [0, 0.05) is 38.4 Å². The lowest BCUT2D eigenvalue weighted by Gasteiger charge is -2.36. The second-order valence-corrected chi connectivity index (χ2v) is 8.11. The Morgan fingerprint density at radius 3 is 2.60 bits per heavy atom. The molecule has 1 aliphatic carbocycles. The molecule has 0 radical (unpaired) electrons. The van der Waals surface area contributed by atoms with Crippen LogP contribution in [0.2, 0.25) is 0 Å². The van der Waals surface area contributed by atoms with Crippen molar-refractivity contribution < 1.29 is 9.53 Å². The number of pyridine rings is 1. The lowest BCUT2D eigenvalue weighted by molar-refractivity contribution is 0.0746. The van der Waals surface area contributed by atoms with Gasteiger partial charge in [-0.25, -0.2) is 9.97 Å². The second kappa shape index (κ2) is 7.97. The summed E-state index contributed by atoms with van der Waals surface area (Å²) < 4.78 is 7.67. The van der Waals surface area contributed by atoms with Crippen LogP contribution in [-0.4, -0.2) is 58.6 Å². The van der Waals surface area contributed by atoms with Gasteiger partial charge in [-0.15, -0.1) is 0 Å². The van der Waals surface area contributed by atoms with Gasteiger partial charge in [0.2, 0.25) is 0 Å². The molecule has 1 saturated carbocycles. The van der Waals surface area contributed by atoms with Crippen molar-refractivity contribution in [2.75, 3.05) is 38.2 Å². The summed E-state index contributed by atoms with van der Waals surface area (Å²) in [7, 11) is 1.69. The SMILES string of the molecule is COc1ccccc1N1CCN(C(=O)c2cnc3c(c2)ncn3C2CCCC2)CC1. The quantitative estimate of drug-likeness (QED) is 0.665. The Labute approximate surface area is 176 Å². The van der Waals surface area contributed by atoms with Crippen molar-refractivity contribution in [1.29, 1.82) is 0 Å². The highest BCUT2D eigenvalue weighted by atomic mass is 16.5. The smallest absolute Gasteiger partial charge is 0.255 e. The number of anilines is 1. The van der Waals surface area contributed by atoms with E-state index in [0.29, 0.717) is 24.7 Å². The molecule has 1 saturated heterocycles. The number of amides is 1. The molecule has 7 heteroatoms. The first-order valence-corrected chi connectivity index (χ1v) is 10.7. The molecule has 0 N–H and O–H groups in total. The van der Waals surface area contributed by atoms with E-state index in [1.165, 1.54) is 25.7 Å². The molecule has 2 fully saturated rings. The Morgan fingerprint density at radius 1 is 1.07 bits per heavy atom. The predicted octanol–water partition coefficient (Wildman–Crippen LogP) is 3.52. The van der Waals surface area contributed by atoms with Crippen LogP contribution in [0.15, 0.2) is 42.9 Å². The number of imidazole rings is 1. The first kappa shape index (κ1) is 18.9. The number of aromatic nitrogens is 3. The van der Waals surface area contributed by atoms with Crippen molar-refractivity contribution in [3.63, 3.8) is 0 Å². The van der Waals surface area contributed by atoms with Crippen LogP contribution in [0, 0.1) is 0 Å². The molecule has 0 spiro atoms. The highest BCUT2D eigenvalue weighted by Crippen LogP contribution is 2.32. The largest absolute Gasteiger partial charge is 0.495 e. The third kappa shape index (κ3) is 3.38. The van der Waals surface area contributed by atoms with Crippen molar-refractivity contribution >= 4 is 22.8 Å². The van der Waals surface area contributed by atoms with E-state index in [4.69, 9.17) is 4.74 Å². The van der Waals surface area contributed by atoms with Gasteiger partial charge in [0.05, 0.1) is 24.7 Å². The molecule has 0 bridgehead atoms. The van der Waals surface area contributed by atoms with Crippen LogP contribution in [0.4, 0.5) is 5.69 Å². The molecule has 3 heterocycles. The molecule has 1 aliphatic heterocycles. The molecule has 0 unspecified atom stereocenters. The number of hydrogen-bond donors (Lipinski definition) is 0. The number of benzene rings is 1. The van der Waals surface area contributed by atoms with Gasteiger partial charge in [0.25, 0.3) is 5.91 Å². The summed E-state index contributed by atoms with van der Waals surface area (Å²) in [5.74, 6) is 0.893. The molecule has 156 valence electrons. The van der Waals surface area contributed by atoms with Gasteiger partial charge in [0.15, 0.2) is 5.65 Å². The van der Waals surface area contributed by atoms with E-state index in [2.05, 4.69) is 25.5 Å². The standard InChI is InChI=1S/C23H27N5O2/c1-30-21-9-5-4-8-20(21)26-10-12-27(13-11-26)23(29)17-14-19-22(24-15-17)28(16-25-19)18-6-2-3-7-18/h4-5,8-9,14-16,18H,2-3,6-7,10-13H2,1H3. The van der Waals surface area contributed by atoms with Crippen molar-refractivity contribution in [2.24, 2.45) is 0 Å². The molecule has 1 amide bonds. The molecule has 2 aliphatic rings. The molecule has 7 nitrogen and oxygen atoms in total. The van der Waals surface area contributed by atoms with Gasteiger partial charge in [-0.2, -0.15) is 0 Å². The first-order chi connectivity index (χ1) is 14.7. The molecule has 1 aromatic carbocycles. The van der Waals surface area contributed by atoms with Crippen LogP contribution in [-0.2, 0) is 0 Å². The third-order valence-electron chi connectivity index (χ3n) is 6.37. The minimum Gasteiger partial charge on any atom is -0.495 e. The van der Waals surface area contributed by atoms with Crippen molar-refractivity contribution in [3.05, 3.63) is 48.4 Å². The van der Waals surface area contributed by atoms with Crippen LogP contribution in [0.5, 0.6) is 5.75 Å². The summed E-state index contributed by atoms with van der Waals surface area (Å²) in [6.45, 7) is 2.90. The van der Waals surface area contributed by atoms with Gasteiger partial charge in [-0.1, -0.05) is 25.0 Å². The Balaban J connectivity index is 1.29. The zero-order chi connectivity index (χ0) is 20.5. The van der Waals surface area contributed by atoms with Gasteiger partial charge < -0.3 is 19.1 Å². The zero-order valence-corrected chi connectivity index (χ0v) is 17.3. The fraction of sp³-hybridized carbons (Fsp3) is 0.435. The van der Waals surface area contributed by atoms with E-state index in [9.17, 15) is 4.79 Å². The van der Waals surface area contributed by atoms with Crippen LogP contribution < -0.4 is 9.64 Å². The minimum atomic E-state index is 0.0273. The van der Waals surface area contributed by atoms with Crippen LogP contribution in [0.3, 0.4) is 0 Å². The predicted molar refractivity (Wildman–Crippen MR) is 116 cm³/mol. The Kier molecular flexibility index (Phi) is 5.02. The summed E-state index contributed by atoms with van der Waals surface area (Å²) in [5.41, 5.74) is 3.39. The Morgan fingerprint density at radius 2 is 1.83 bits per heavy atom. The van der Waals surface area contributed by atoms with Crippen LogP contribution >= 0.6 is 0 Å². The summed E-state index contributed by atoms with van der Waals surface area (Å²) in [6, 6.07) is 10.4. The van der Waals surface area contributed by atoms with Gasteiger partial charge in [-0.3, -0.25) is 4.79 Å². The summed E-state index contributed by atoms with van der Waals surface area (Å²) in [5, 5.41) is 0. The van der Waals surface area contributed by atoms with E-state index in [-0.39, 0.29) is 5.91 Å². The zero-order valence-electron chi connectivity index (χ0n) is 17.3. The summed E-state index contributed by atoms with van der Waals surface area (Å²) in [6.07, 6.45) is 8.50. The number of piperazine rings is 1. The number of rotatable bonds is 4. The van der Waals surface area contributed by atoms with E-state index >= 15 is 0 Å². The molecular weight excluding hydrogens is 378 g/mol. The van der Waals surface area contributed by atoms with E-state index in [1.54, 1.807) is 13.3 Å². The molecule has 0 atom stereocenters. The molecule has 3 aromatic rings. The maximum Gasteiger partial charge on any atom is 0.255 e. The second-order valence-electron chi connectivity index (χ2n) is 8.11. The maximum absolute atomic E-state index is 13.1. The van der Waals surface area contributed by atoms with E-state index in [0.717, 1.165) is 35.7 Å². The lowest BCUT2D eigenvalue weighted by atomic mass is 10.2. The number of nitrogens with zero attached hydrogens (tertiary/aromatic N) is 5. The minimum absolute atomic E-state index is 0.0273. The van der Waals surface area contributed by atoms with Crippen LogP contribution in [0.25, 0.3) is 11.2 Å². The average Bonchev–Trinajstić information content (AvgIpc) is 3.48. The highest BCUT2D eigenvalue weighted by Gasteiger charge is 2.25. The Hall–Kier alpha value is -3.09. The van der Waals surface area contributed by atoms with E-state index in [1.807, 2.05) is 35.5 Å².